The Balaban J connectivity index is 2.41. The molecule has 1 unspecified atom stereocenters. The normalized spacial score (nSPS) is 11.3. The number of benzene rings is 1. The Morgan fingerprint density at radius 3 is 2.62 bits per heavy atom. The molecule has 0 radical (unpaired) electrons. The first-order valence-electron chi connectivity index (χ1n) is 6.35. The van der Waals surface area contributed by atoms with E-state index >= 15 is 0 Å². The second kappa shape index (κ2) is 7.88. The molecule has 0 aliphatic rings. The van der Waals surface area contributed by atoms with Gasteiger partial charge in [-0.1, -0.05) is 13.0 Å². The van der Waals surface area contributed by atoms with E-state index < -0.39 is 23.7 Å². The zero-order valence-corrected chi connectivity index (χ0v) is 11.9. The molecule has 114 valence electrons. The van der Waals surface area contributed by atoms with Gasteiger partial charge in [-0.15, -0.1) is 0 Å². The zero-order chi connectivity index (χ0) is 15.8. The Hall–Kier alpha value is -2.57. The number of aliphatic carboxylic acids is 1. The lowest BCUT2D eigenvalue weighted by Gasteiger charge is -2.09. The minimum Gasteiger partial charge on any atom is -0.497 e. The summed E-state index contributed by atoms with van der Waals surface area (Å²) in [5.41, 5.74) is 0.376. The van der Waals surface area contributed by atoms with Crippen LogP contribution in [0.3, 0.4) is 0 Å². The Morgan fingerprint density at radius 2 is 2.00 bits per heavy atom. The molecule has 0 bridgehead atoms. The van der Waals surface area contributed by atoms with Crippen LogP contribution in [0.15, 0.2) is 24.3 Å². The minimum atomic E-state index is -0.990. The van der Waals surface area contributed by atoms with E-state index in [2.05, 4.69) is 10.6 Å². The third-order valence-electron chi connectivity index (χ3n) is 2.77. The highest BCUT2D eigenvalue weighted by atomic mass is 16.5. The van der Waals surface area contributed by atoms with Gasteiger partial charge < -0.3 is 20.5 Å². The van der Waals surface area contributed by atoms with E-state index in [4.69, 9.17) is 9.84 Å². The molecule has 1 atom stereocenters. The summed E-state index contributed by atoms with van der Waals surface area (Å²) in [5.74, 6) is -1.98. The number of methoxy groups -OCH3 is 1. The van der Waals surface area contributed by atoms with Crippen molar-refractivity contribution in [2.75, 3.05) is 20.2 Å². The predicted octanol–water partition coefficient (Wildman–Crippen LogP) is 0.262. The average Bonchev–Trinajstić information content (AvgIpc) is 2.49. The van der Waals surface area contributed by atoms with Gasteiger partial charge in [-0.2, -0.15) is 0 Å². The number of ether oxygens (including phenoxy) is 1. The second-order valence-electron chi connectivity index (χ2n) is 4.46. The number of nitrogens with one attached hydrogen (secondary N) is 2. The molecular formula is C14H18N2O5. The number of hydrogen-bond donors (Lipinski definition) is 3. The number of carboxylic acid groups (broad SMARTS) is 1. The Bertz CT molecular complexity index is 530. The number of carbonyl (C=O) groups excluding carboxylic acids is 2. The van der Waals surface area contributed by atoms with Gasteiger partial charge in [0.1, 0.15) is 5.75 Å². The highest BCUT2D eigenvalue weighted by Crippen LogP contribution is 2.12. The van der Waals surface area contributed by atoms with E-state index in [0.717, 1.165) is 0 Å². The van der Waals surface area contributed by atoms with Crippen molar-refractivity contribution in [1.29, 1.82) is 0 Å². The van der Waals surface area contributed by atoms with Crippen molar-refractivity contribution in [3.63, 3.8) is 0 Å². The van der Waals surface area contributed by atoms with Crippen molar-refractivity contribution < 1.29 is 24.2 Å². The van der Waals surface area contributed by atoms with Crippen molar-refractivity contribution in [2.24, 2.45) is 5.92 Å². The van der Waals surface area contributed by atoms with Gasteiger partial charge in [0.15, 0.2) is 0 Å². The van der Waals surface area contributed by atoms with Crippen LogP contribution in [0, 0.1) is 5.92 Å². The monoisotopic (exact) mass is 294 g/mol. The fourth-order valence-electron chi connectivity index (χ4n) is 1.44. The van der Waals surface area contributed by atoms with E-state index in [9.17, 15) is 14.4 Å². The van der Waals surface area contributed by atoms with Gasteiger partial charge in [0.2, 0.25) is 5.91 Å². The van der Waals surface area contributed by atoms with Crippen molar-refractivity contribution in [1.82, 2.24) is 10.6 Å². The van der Waals surface area contributed by atoms with Crippen molar-refractivity contribution in [3.8, 4) is 5.75 Å². The van der Waals surface area contributed by atoms with Crippen LogP contribution < -0.4 is 15.4 Å². The molecule has 3 N–H and O–H groups in total. The molecular weight excluding hydrogens is 276 g/mol. The molecule has 0 aliphatic heterocycles. The molecule has 1 aromatic carbocycles. The third-order valence-corrected chi connectivity index (χ3v) is 2.77. The Labute approximate surface area is 122 Å². The van der Waals surface area contributed by atoms with Gasteiger partial charge in [0.05, 0.1) is 19.6 Å². The summed E-state index contributed by atoms with van der Waals surface area (Å²) in [4.78, 5) is 33.9. The van der Waals surface area contributed by atoms with Crippen LogP contribution in [0.25, 0.3) is 0 Å². The summed E-state index contributed by atoms with van der Waals surface area (Å²) >= 11 is 0. The summed E-state index contributed by atoms with van der Waals surface area (Å²) in [6.07, 6.45) is 0. The maximum atomic E-state index is 11.8. The van der Waals surface area contributed by atoms with E-state index in [1.165, 1.54) is 14.0 Å². The quantitative estimate of drug-likeness (QED) is 0.669. The number of carbonyl (C=O) groups is 3. The van der Waals surface area contributed by atoms with Crippen LogP contribution >= 0.6 is 0 Å². The summed E-state index contributed by atoms with van der Waals surface area (Å²) in [6.45, 7) is 1.28. The molecule has 0 aliphatic carbocycles. The van der Waals surface area contributed by atoms with Crippen LogP contribution in [0.2, 0.25) is 0 Å². The lowest BCUT2D eigenvalue weighted by atomic mass is 10.2. The van der Waals surface area contributed by atoms with Crippen LogP contribution in [0.4, 0.5) is 0 Å². The van der Waals surface area contributed by atoms with Crippen molar-refractivity contribution >= 4 is 17.8 Å². The second-order valence-corrected chi connectivity index (χ2v) is 4.46. The Kier molecular flexibility index (Phi) is 6.19. The first kappa shape index (κ1) is 16.5. The SMILES string of the molecule is COc1cccc(C(=O)NCC(=O)NCC(C)C(=O)O)c1. The van der Waals surface area contributed by atoms with Gasteiger partial charge in [-0.3, -0.25) is 14.4 Å². The van der Waals surface area contributed by atoms with Crippen LogP contribution in [0.1, 0.15) is 17.3 Å². The standard InChI is InChI=1S/C14H18N2O5/c1-9(14(19)20)7-15-12(17)8-16-13(18)10-4-3-5-11(6-10)21-2/h3-6,9H,7-8H2,1-2H3,(H,15,17)(H,16,18)(H,19,20). The molecule has 7 nitrogen and oxygen atoms in total. The molecule has 0 heterocycles. The van der Waals surface area contributed by atoms with E-state index in [0.29, 0.717) is 11.3 Å². The van der Waals surface area contributed by atoms with Gasteiger partial charge in [0.25, 0.3) is 5.91 Å². The maximum absolute atomic E-state index is 11.8. The smallest absolute Gasteiger partial charge is 0.308 e. The maximum Gasteiger partial charge on any atom is 0.308 e. The first-order chi connectivity index (χ1) is 9.93. The summed E-state index contributed by atoms with van der Waals surface area (Å²) < 4.78 is 5.00. The first-order valence-corrected chi connectivity index (χ1v) is 6.35. The lowest BCUT2D eigenvalue weighted by Crippen LogP contribution is -2.39. The zero-order valence-electron chi connectivity index (χ0n) is 11.9. The van der Waals surface area contributed by atoms with E-state index in [1.54, 1.807) is 24.3 Å². The highest BCUT2D eigenvalue weighted by Gasteiger charge is 2.13. The van der Waals surface area contributed by atoms with Crippen LogP contribution in [0.5, 0.6) is 5.75 Å². The molecule has 21 heavy (non-hydrogen) atoms. The van der Waals surface area contributed by atoms with E-state index in [-0.39, 0.29) is 13.1 Å². The van der Waals surface area contributed by atoms with Gasteiger partial charge in [0, 0.05) is 12.1 Å². The predicted molar refractivity (Wildman–Crippen MR) is 75.1 cm³/mol. The van der Waals surface area contributed by atoms with Gasteiger partial charge in [-0.05, 0) is 18.2 Å². The number of amides is 2. The fourth-order valence-corrected chi connectivity index (χ4v) is 1.44. The molecule has 0 spiro atoms. The number of rotatable bonds is 7. The van der Waals surface area contributed by atoms with Gasteiger partial charge in [-0.25, -0.2) is 0 Å². The number of hydrogen-bond acceptors (Lipinski definition) is 4. The molecule has 0 saturated carbocycles. The number of carboxylic acids is 1. The van der Waals surface area contributed by atoms with Crippen molar-refractivity contribution in [2.45, 2.75) is 6.92 Å². The molecule has 0 fully saturated rings. The summed E-state index contributed by atoms with van der Waals surface area (Å²) in [6, 6.07) is 6.53. The minimum absolute atomic E-state index is 0.0171. The lowest BCUT2D eigenvalue weighted by molar-refractivity contribution is -0.141. The molecule has 2 amide bonds. The van der Waals surface area contributed by atoms with E-state index in [1.807, 2.05) is 0 Å². The van der Waals surface area contributed by atoms with Gasteiger partial charge >= 0.3 is 5.97 Å². The summed E-state index contributed by atoms with van der Waals surface area (Å²) in [5, 5.41) is 13.6. The highest BCUT2D eigenvalue weighted by molar-refractivity contribution is 5.96. The molecule has 7 heteroatoms. The summed E-state index contributed by atoms with van der Waals surface area (Å²) in [7, 11) is 1.49. The van der Waals surface area contributed by atoms with Crippen LogP contribution in [-0.2, 0) is 9.59 Å². The van der Waals surface area contributed by atoms with Crippen LogP contribution in [-0.4, -0.2) is 43.1 Å². The van der Waals surface area contributed by atoms with Crippen molar-refractivity contribution in [3.05, 3.63) is 29.8 Å². The third kappa shape index (κ3) is 5.52. The molecule has 0 aromatic heterocycles. The average molecular weight is 294 g/mol. The topological polar surface area (TPSA) is 105 Å². The largest absolute Gasteiger partial charge is 0.497 e. The molecule has 1 aromatic rings. The molecule has 1 rings (SSSR count). The molecule has 0 saturated heterocycles. The Morgan fingerprint density at radius 1 is 1.29 bits per heavy atom. The fraction of sp³-hybridized carbons (Fsp3) is 0.357.